The lowest BCUT2D eigenvalue weighted by Crippen LogP contribution is -2.40. The summed E-state index contributed by atoms with van der Waals surface area (Å²) in [6.07, 6.45) is 1.60. The van der Waals surface area contributed by atoms with Gasteiger partial charge in [0.2, 0.25) is 5.95 Å². The molecule has 0 atom stereocenters. The molecule has 0 aromatic carbocycles. The van der Waals surface area contributed by atoms with E-state index in [1.54, 1.807) is 4.90 Å². The van der Waals surface area contributed by atoms with Crippen LogP contribution in [0.3, 0.4) is 0 Å². The lowest BCUT2D eigenvalue weighted by atomic mass is 10.2. The summed E-state index contributed by atoms with van der Waals surface area (Å²) in [5, 5.41) is 3.35. The van der Waals surface area contributed by atoms with Gasteiger partial charge in [0.25, 0.3) is 0 Å². The average Bonchev–Trinajstić information content (AvgIpc) is 2.78. The third kappa shape index (κ3) is 6.09. The SMILES string of the molecule is CCN(CCNCc1cnc(N(C)C)n1C)C(=O)OC(C)(C)C. The number of ether oxygens (including phenoxy) is 1. The number of likely N-dealkylation sites (N-methyl/N-ethyl adjacent to an activating group) is 1. The molecule has 1 aromatic heterocycles. The van der Waals surface area contributed by atoms with Crippen LogP contribution in [-0.2, 0) is 18.3 Å². The molecule has 0 spiro atoms. The van der Waals surface area contributed by atoms with E-state index in [1.165, 1.54) is 0 Å². The maximum atomic E-state index is 12.0. The van der Waals surface area contributed by atoms with Crippen LogP contribution in [0.5, 0.6) is 0 Å². The van der Waals surface area contributed by atoms with Crippen molar-refractivity contribution in [1.29, 1.82) is 0 Å². The Morgan fingerprint density at radius 1 is 1.39 bits per heavy atom. The number of carbonyl (C=O) groups is 1. The monoisotopic (exact) mass is 325 g/mol. The number of carbonyl (C=O) groups excluding carboxylic acids is 1. The zero-order valence-corrected chi connectivity index (χ0v) is 15.5. The van der Waals surface area contributed by atoms with Crippen LogP contribution in [0.15, 0.2) is 6.20 Å². The van der Waals surface area contributed by atoms with Gasteiger partial charge in [0.15, 0.2) is 0 Å². The molecule has 23 heavy (non-hydrogen) atoms. The zero-order valence-electron chi connectivity index (χ0n) is 15.5. The fourth-order valence-corrected chi connectivity index (χ4v) is 2.15. The van der Waals surface area contributed by atoms with Gasteiger partial charge < -0.3 is 24.4 Å². The first-order valence-electron chi connectivity index (χ1n) is 8.02. The Labute approximate surface area is 139 Å². The first-order chi connectivity index (χ1) is 10.7. The Morgan fingerprint density at radius 3 is 2.52 bits per heavy atom. The summed E-state index contributed by atoms with van der Waals surface area (Å²) in [7, 11) is 5.94. The van der Waals surface area contributed by atoms with Crippen LogP contribution in [-0.4, -0.2) is 59.9 Å². The zero-order chi connectivity index (χ0) is 17.6. The number of rotatable bonds is 7. The quantitative estimate of drug-likeness (QED) is 0.775. The molecule has 1 N–H and O–H groups in total. The van der Waals surface area contributed by atoms with Gasteiger partial charge in [-0.1, -0.05) is 0 Å². The van der Waals surface area contributed by atoms with Gasteiger partial charge in [0.1, 0.15) is 5.60 Å². The maximum absolute atomic E-state index is 12.0. The van der Waals surface area contributed by atoms with E-state index < -0.39 is 5.60 Å². The van der Waals surface area contributed by atoms with Crippen molar-refractivity contribution in [2.24, 2.45) is 7.05 Å². The predicted molar refractivity (Wildman–Crippen MR) is 92.7 cm³/mol. The normalized spacial score (nSPS) is 11.4. The smallest absolute Gasteiger partial charge is 0.410 e. The second-order valence-corrected chi connectivity index (χ2v) is 6.74. The highest BCUT2D eigenvalue weighted by molar-refractivity contribution is 5.68. The fourth-order valence-electron chi connectivity index (χ4n) is 2.15. The fraction of sp³-hybridized carbons (Fsp3) is 0.750. The Balaban J connectivity index is 2.42. The van der Waals surface area contributed by atoms with E-state index in [1.807, 2.05) is 59.9 Å². The van der Waals surface area contributed by atoms with E-state index in [4.69, 9.17) is 4.74 Å². The predicted octanol–water partition coefficient (Wildman–Crippen LogP) is 1.83. The Bertz CT molecular complexity index is 505. The number of nitrogens with zero attached hydrogens (tertiary/aromatic N) is 4. The van der Waals surface area contributed by atoms with Gasteiger partial charge in [-0.05, 0) is 27.7 Å². The average molecular weight is 325 g/mol. The van der Waals surface area contributed by atoms with Crippen molar-refractivity contribution >= 4 is 12.0 Å². The Morgan fingerprint density at radius 2 is 2.04 bits per heavy atom. The molecule has 0 fully saturated rings. The molecule has 132 valence electrons. The van der Waals surface area contributed by atoms with Gasteiger partial charge in [-0.3, -0.25) is 0 Å². The summed E-state index contributed by atoms with van der Waals surface area (Å²) >= 11 is 0. The van der Waals surface area contributed by atoms with Crippen molar-refractivity contribution in [2.45, 2.75) is 39.8 Å². The topological polar surface area (TPSA) is 62.6 Å². The molecule has 7 heteroatoms. The molecule has 1 heterocycles. The maximum Gasteiger partial charge on any atom is 0.410 e. The second-order valence-electron chi connectivity index (χ2n) is 6.74. The molecule has 0 saturated heterocycles. The second kappa shape index (κ2) is 8.19. The van der Waals surface area contributed by atoms with E-state index >= 15 is 0 Å². The first-order valence-corrected chi connectivity index (χ1v) is 8.02. The number of hydrogen-bond acceptors (Lipinski definition) is 5. The van der Waals surface area contributed by atoms with Crippen LogP contribution in [0.1, 0.15) is 33.4 Å². The van der Waals surface area contributed by atoms with Crippen LogP contribution in [0, 0.1) is 0 Å². The van der Waals surface area contributed by atoms with E-state index in [2.05, 4.69) is 14.9 Å². The molecule has 1 aromatic rings. The van der Waals surface area contributed by atoms with Crippen molar-refractivity contribution in [3.05, 3.63) is 11.9 Å². The van der Waals surface area contributed by atoms with Gasteiger partial charge in [0.05, 0.1) is 11.9 Å². The summed E-state index contributed by atoms with van der Waals surface area (Å²) in [6.45, 7) is 10.2. The van der Waals surface area contributed by atoms with Gasteiger partial charge in [-0.25, -0.2) is 9.78 Å². The van der Waals surface area contributed by atoms with E-state index in [-0.39, 0.29) is 6.09 Å². The van der Waals surface area contributed by atoms with E-state index in [0.717, 1.165) is 11.6 Å². The molecule has 0 saturated carbocycles. The minimum Gasteiger partial charge on any atom is -0.444 e. The van der Waals surface area contributed by atoms with Crippen molar-refractivity contribution in [3.63, 3.8) is 0 Å². The molecule has 0 aliphatic heterocycles. The van der Waals surface area contributed by atoms with Gasteiger partial charge >= 0.3 is 6.09 Å². The Kier molecular flexibility index (Phi) is 6.87. The van der Waals surface area contributed by atoms with Crippen molar-refractivity contribution in [2.75, 3.05) is 38.6 Å². The molecular formula is C16H31N5O2. The van der Waals surface area contributed by atoms with Crippen molar-refractivity contribution in [1.82, 2.24) is 19.8 Å². The highest BCUT2D eigenvalue weighted by Gasteiger charge is 2.20. The van der Waals surface area contributed by atoms with Gasteiger partial charge in [-0.15, -0.1) is 0 Å². The number of nitrogens with one attached hydrogen (secondary N) is 1. The molecule has 0 aliphatic rings. The van der Waals surface area contributed by atoms with Crippen LogP contribution < -0.4 is 10.2 Å². The summed E-state index contributed by atoms with van der Waals surface area (Å²) in [5.41, 5.74) is 0.642. The number of aromatic nitrogens is 2. The van der Waals surface area contributed by atoms with E-state index in [0.29, 0.717) is 26.2 Å². The summed E-state index contributed by atoms with van der Waals surface area (Å²) in [6, 6.07) is 0. The summed E-state index contributed by atoms with van der Waals surface area (Å²) in [4.78, 5) is 20.1. The van der Waals surface area contributed by atoms with Crippen LogP contribution in [0.4, 0.5) is 10.7 Å². The largest absolute Gasteiger partial charge is 0.444 e. The lowest BCUT2D eigenvalue weighted by Gasteiger charge is -2.26. The first kappa shape index (κ1) is 19.3. The molecular weight excluding hydrogens is 294 g/mol. The molecule has 0 unspecified atom stereocenters. The summed E-state index contributed by atoms with van der Waals surface area (Å²) < 4.78 is 7.45. The molecule has 0 bridgehead atoms. The molecule has 1 amide bonds. The minimum absolute atomic E-state index is 0.266. The number of imidazole rings is 1. The van der Waals surface area contributed by atoms with E-state index in [9.17, 15) is 4.79 Å². The molecule has 0 aliphatic carbocycles. The van der Waals surface area contributed by atoms with Crippen molar-refractivity contribution in [3.8, 4) is 0 Å². The molecule has 1 rings (SSSR count). The minimum atomic E-state index is -0.463. The third-order valence-electron chi connectivity index (χ3n) is 3.36. The summed E-state index contributed by atoms with van der Waals surface area (Å²) in [5.74, 6) is 0.922. The van der Waals surface area contributed by atoms with Gasteiger partial charge in [0, 0.05) is 47.3 Å². The number of hydrogen-bond donors (Lipinski definition) is 1. The number of anilines is 1. The van der Waals surface area contributed by atoms with Crippen LogP contribution in [0.2, 0.25) is 0 Å². The number of amides is 1. The molecule has 0 radical (unpaired) electrons. The van der Waals surface area contributed by atoms with Crippen LogP contribution in [0.25, 0.3) is 0 Å². The van der Waals surface area contributed by atoms with Gasteiger partial charge in [-0.2, -0.15) is 0 Å². The highest BCUT2D eigenvalue weighted by Crippen LogP contribution is 2.11. The Hall–Kier alpha value is -1.76. The third-order valence-corrected chi connectivity index (χ3v) is 3.36. The van der Waals surface area contributed by atoms with Crippen molar-refractivity contribution < 1.29 is 9.53 Å². The standard InChI is InChI=1S/C16H31N5O2/c1-8-21(15(22)23-16(2,3)4)10-9-17-11-13-12-18-14(19(5)6)20(13)7/h12,17H,8-11H2,1-7H3. The molecule has 7 nitrogen and oxygen atoms in total. The highest BCUT2D eigenvalue weighted by atomic mass is 16.6. The van der Waals surface area contributed by atoms with Crippen LogP contribution >= 0.6 is 0 Å². The lowest BCUT2D eigenvalue weighted by molar-refractivity contribution is 0.0262.